The van der Waals surface area contributed by atoms with Gasteiger partial charge in [-0.05, 0) is 25.1 Å². The summed E-state index contributed by atoms with van der Waals surface area (Å²) in [7, 11) is 3.10. The van der Waals surface area contributed by atoms with Crippen molar-refractivity contribution in [1.82, 2.24) is 5.32 Å². The van der Waals surface area contributed by atoms with Crippen molar-refractivity contribution in [3.63, 3.8) is 0 Å². The maximum atomic E-state index is 10.8. The largest absolute Gasteiger partial charge is 0.497 e. The van der Waals surface area contributed by atoms with Crippen LogP contribution in [0, 0.1) is 0 Å². The number of nitrogens with one attached hydrogen (secondary N) is 1. The second-order valence-electron chi connectivity index (χ2n) is 4.60. The van der Waals surface area contributed by atoms with Gasteiger partial charge in [-0.2, -0.15) is 0 Å². The summed E-state index contributed by atoms with van der Waals surface area (Å²) in [5.41, 5.74) is 5.75. The number of nitrogens with two attached hydrogens (primary N) is 1. The molecule has 2 unspecified atom stereocenters. The molecule has 0 fully saturated rings. The van der Waals surface area contributed by atoms with E-state index in [0.717, 1.165) is 0 Å². The molecule has 0 aliphatic rings. The number of carbonyl (C=O) groups is 1. The van der Waals surface area contributed by atoms with Crippen LogP contribution >= 0.6 is 0 Å². The Bertz CT molecular complexity index is 451. The lowest BCUT2D eigenvalue weighted by Gasteiger charge is -2.19. The third-order valence-corrected chi connectivity index (χ3v) is 2.96. The van der Waals surface area contributed by atoms with Crippen molar-refractivity contribution in [1.29, 1.82) is 0 Å². The first-order valence-electron chi connectivity index (χ1n) is 6.39. The number of amides is 1. The molecule has 20 heavy (non-hydrogen) atoms. The van der Waals surface area contributed by atoms with Gasteiger partial charge in [-0.3, -0.25) is 4.79 Å². The summed E-state index contributed by atoms with van der Waals surface area (Å²) >= 11 is 0. The first kappa shape index (κ1) is 16.3. The van der Waals surface area contributed by atoms with Crippen molar-refractivity contribution >= 4 is 5.91 Å². The van der Waals surface area contributed by atoms with Crippen LogP contribution in [0.1, 0.15) is 25.0 Å². The van der Waals surface area contributed by atoms with E-state index in [2.05, 4.69) is 5.32 Å². The highest BCUT2D eigenvalue weighted by atomic mass is 16.5. The summed E-state index contributed by atoms with van der Waals surface area (Å²) in [4.78, 5) is 10.8. The van der Waals surface area contributed by atoms with Crippen LogP contribution in [0.15, 0.2) is 18.2 Å². The molecule has 6 heteroatoms. The summed E-state index contributed by atoms with van der Waals surface area (Å²) in [6, 6.07) is 5.13. The Kier molecular flexibility index (Phi) is 6.27. The quantitative estimate of drug-likeness (QED) is 0.649. The van der Waals surface area contributed by atoms with E-state index in [9.17, 15) is 9.90 Å². The maximum Gasteiger partial charge on any atom is 0.218 e. The normalized spacial score (nSPS) is 13.6. The minimum absolute atomic E-state index is 0.0984. The summed E-state index contributed by atoms with van der Waals surface area (Å²) in [5.74, 6) is 0.853. The van der Waals surface area contributed by atoms with Gasteiger partial charge in [0.15, 0.2) is 0 Å². The molecule has 6 nitrogen and oxygen atoms in total. The third-order valence-electron chi connectivity index (χ3n) is 2.96. The van der Waals surface area contributed by atoms with E-state index in [0.29, 0.717) is 17.1 Å². The van der Waals surface area contributed by atoms with Gasteiger partial charge in [0.05, 0.1) is 20.3 Å². The number of carbonyl (C=O) groups excluding carboxylic acids is 1. The lowest BCUT2D eigenvalue weighted by atomic mass is 10.1. The number of rotatable bonds is 8. The molecule has 1 amide bonds. The van der Waals surface area contributed by atoms with E-state index in [1.54, 1.807) is 32.4 Å². The van der Waals surface area contributed by atoms with Gasteiger partial charge >= 0.3 is 0 Å². The van der Waals surface area contributed by atoms with Gasteiger partial charge in [-0.25, -0.2) is 0 Å². The predicted molar refractivity (Wildman–Crippen MR) is 75.8 cm³/mol. The summed E-state index contributed by atoms with van der Waals surface area (Å²) in [6.07, 6.45) is -0.544. The predicted octanol–water partition coefficient (Wildman–Crippen LogP) is 0.591. The second kappa shape index (κ2) is 7.72. The van der Waals surface area contributed by atoms with Gasteiger partial charge in [0, 0.05) is 24.6 Å². The van der Waals surface area contributed by atoms with Crippen LogP contribution < -0.4 is 20.5 Å². The fraction of sp³-hybridized carbons (Fsp3) is 0.500. The van der Waals surface area contributed by atoms with Gasteiger partial charge in [0.2, 0.25) is 5.91 Å². The lowest BCUT2D eigenvalue weighted by Crippen LogP contribution is -2.34. The first-order chi connectivity index (χ1) is 9.47. The zero-order chi connectivity index (χ0) is 15.1. The molecule has 0 aliphatic heterocycles. The molecule has 1 aromatic rings. The van der Waals surface area contributed by atoms with Crippen molar-refractivity contribution in [3.05, 3.63) is 23.8 Å². The molecule has 1 aromatic carbocycles. The molecule has 112 valence electrons. The molecule has 0 heterocycles. The number of ether oxygens (including phenoxy) is 2. The highest BCUT2D eigenvalue weighted by Crippen LogP contribution is 2.29. The fourth-order valence-corrected chi connectivity index (χ4v) is 1.90. The van der Waals surface area contributed by atoms with Crippen molar-refractivity contribution in [2.24, 2.45) is 5.73 Å². The minimum atomic E-state index is -0.768. The zero-order valence-electron chi connectivity index (χ0n) is 12.1. The summed E-state index contributed by atoms with van der Waals surface area (Å²) in [5, 5.41) is 13.3. The molecule has 0 bridgehead atoms. The Morgan fingerprint density at radius 3 is 2.65 bits per heavy atom. The van der Waals surface area contributed by atoms with E-state index in [4.69, 9.17) is 15.2 Å². The van der Waals surface area contributed by atoms with E-state index in [-0.39, 0.29) is 24.9 Å². The second-order valence-corrected chi connectivity index (χ2v) is 4.60. The number of methoxy groups -OCH3 is 2. The number of aliphatic hydroxyl groups excluding tert-OH is 1. The number of benzene rings is 1. The Balaban J connectivity index is 2.70. The monoisotopic (exact) mass is 282 g/mol. The molecule has 1 rings (SSSR count). The van der Waals surface area contributed by atoms with E-state index in [1.165, 1.54) is 0 Å². The average Bonchev–Trinajstić information content (AvgIpc) is 2.43. The molecule has 0 saturated heterocycles. The zero-order valence-corrected chi connectivity index (χ0v) is 12.1. The van der Waals surface area contributed by atoms with E-state index >= 15 is 0 Å². The number of aliphatic hydroxyl groups is 1. The van der Waals surface area contributed by atoms with Crippen LogP contribution in [-0.2, 0) is 4.79 Å². The average molecular weight is 282 g/mol. The van der Waals surface area contributed by atoms with Crippen molar-refractivity contribution < 1.29 is 19.4 Å². The molecule has 0 aromatic heterocycles. The van der Waals surface area contributed by atoms with Crippen LogP contribution in [0.4, 0.5) is 0 Å². The smallest absolute Gasteiger partial charge is 0.218 e. The molecule has 0 spiro atoms. The van der Waals surface area contributed by atoms with Gasteiger partial charge in [0.1, 0.15) is 11.5 Å². The van der Waals surface area contributed by atoms with Crippen LogP contribution in [0.3, 0.4) is 0 Å². The minimum Gasteiger partial charge on any atom is -0.497 e. The summed E-state index contributed by atoms with van der Waals surface area (Å²) < 4.78 is 10.4. The molecule has 0 saturated carbocycles. The van der Waals surface area contributed by atoms with Crippen LogP contribution in [0.25, 0.3) is 0 Å². The molecule has 0 aliphatic carbocycles. The Morgan fingerprint density at radius 2 is 2.10 bits per heavy atom. The molecule has 4 N–H and O–H groups in total. The van der Waals surface area contributed by atoms with Crippen LogP contribution in [0.5, 0.6) is 11.5 Å². The third kappa shape index (κ3) is 4.71. The number of hydrogen-bond donors (Lipinski definition) is 3. The summed E-state index contributed by atoms with van der Waals surface area (Å²) in [6.45, 7) is 2.12. The standard InChI is InChI=1S/C14H22N2O4/c1-9(6-14(15)18)16-8-12(17)11-7-10(19-2)4-5-13(11)20-3/h4-5,7,9,12,16-17H,6,8H2,1-3H3,(H2,15,18). The van der Waals surface area contributed by atoms with Crippen LogP contribution in [-0.4, -0.2) is 37.8 Å². The maximum absolute atomic E-state index is 10.8. The van der Waals surface area contributed by atoms with E-state index in [1.807, 2.05) is 6.92 Å². The molecular weight excluding hydrogens is 260 g/mol. The SMILES string of the molecule is COc1ccc(OC)c(C(O)CNC(C)CC(N)=O)c1. The fourth-order valence-electron chi connectivity index (χ4n) is 1.90. The Morgan fingerprint density at radius 1 is 1.40 bits per heavy atom. The van der Waals surface area contributed by atoms with Gasteiger partial charge in [-0.15, -0.1) is 0 Å². The highest BCUT2D eigenvalue weighted by Gasteiger charge is 2.16. The molecule has 2 atom stereocenters. The molecule has 0 radical (unpaired) electrons. The van der Waals surface area contributed by atoms with Crippen molar-refractivity contribution in [2.45, 2.75) is 25.5 Å². The Labute approximate surface area is 118 Å². The molecular formula is C14H22N2O4. The van der Waals surface area contributed by atoms with E-state index < -0.39 is 6.10 Å². The Hall–Kier alpha value is -1.79. The van der Waals surface area contributed by atoms with Crippen molar-refractivity contribution in [3.8, 4) is 11.5 Å². The van der Waals surface area contributed by atoms with Gasteiger partial charge in [-0.1, -0.05) is 0 Å². The number of primary amides is 1. The van der Waals surface area contributed by atoms with Gasteiger partial charge in [0.25, 0.3) is 0 Å². The van der Waals surface area contributed by atoms with Crippen molar-refractivity contribution in [2.75, 3.05) is 20.8 Å². The first-order valence-corrected chi connectivity index (χ1v) is 6.39. The van der Waals surface area contributed by atoms with Gasteiger partial charge < -0.3 is 25.6 Å². The topological polar surface area (TPSA) is 93.8 Å². The highest BCUT2D eigenvalue weighted by molar-refractivity contribution is 5.74. The van der Waals surface area contributed by atoms with Crippen LogP contribution in [0.2, 0.25) is 0 Å². The lowest BCUT2D eigenvalue weighted by molar-refractivity contribution is -0.118. The number of hydrogen-bond acceptors (Lipinski definition) is 5.